The molecule has 2 N–H and O–H groups in total. The van der Waals surface area contributed by atoms with Gasteiger partial charge in [-0.3, -0.25) is 9.79 Å². The molecule has 26 heavy (non-hydrogen) atoms. The standard InChI is InChI=1S/C17H28N6O2.HI/c1-12-20-15(25-22-12)7-9-19-17(18-2)21-14-8-10-23(11-14)16(24)13-5-3-4-6-13;/h13-14H,3-11H2,1-2H3,(H2,18,19,21);1H. The fourth-order valence-corrected chi connectivity index (χ4v) is 3.63. The highest BCUT2D eigenvalue weighted by molar-refractivity contribution is 14.0. The fraction of sp³-hybridized carbons (Fsp3) is 0.765. The largest absolute Gasteiger partial charge is 0.356 e. The third kappa shape index (κ3) is 5.55. The van der Waals surface area contributed by atoms with Crippen molar-refractivity contribution in [2.45, 2.75) is 51.5 Å². The zero-order valence-electron chi connectivity index (χ0n) is 15.5. The second-order valence-electron chi connectivity index (χ2n) is 6.88. The van der Waals surface area contributed by atoms with Gasteiger partial charge in [0, 0.05) is 45.1 Å². The number of amides is 1. The molecule has 1 unspecified atom stereocenters. The van der Waals surface area contributed by atoms with Gasteiger partial charge in [-0.2, -0.15) is 4.98 Å². The van der Waals surface area contributed by atoms with Crippen LogP contribution in [0.25, 0.3) is 0 Å². The predicted molar refractivity (Wildman–Crippen MR) is 110 cm³/mol. The van der Waals surface area contributed by atoms with E-state index in [1.165, 1.54) is 12.8 Å². The molecule has 1 aliphatic heterocycles. The van der Waals surface area contributed by atoms with Crippen LogP contribution in [0.5, 0.6) is 0 Å². The zero-order chi connectivity index (χ0) is 17.6. The Bertz CT molecular complexity index is 614. The minimum atomic E-state index is 0. The van der Waals surface area contributed by atoms with Gasteiger partial charge in [0.2, 0.25) is 11.8 Å². The topological polar surface area (TPSA) is 95.7 Å². The molecule has 1 amide bonds. The van der Waals surface area contributed by atoms with E-state index in [0.717, 1.165) is 38.3 Å². The SMILES string of the molecule is CN=C(NCCc1nc(C)no1)NC1CCN(C(=O)C2CCCC2)C1.I. The van der Waals surface area contributed by atoms with Gasteiger partial charge in [0.15, 0.2) is 11.8 Å². The number of nitrogens with zero attached hydrogens (tertiary/aromatic N) is 4. The average Bonchev–Trinajstić information content (AvgIpc) is 3.35. The van der Waals surface area contributed by atoms with Gasteiger partial charge in [0.25, 0.3) is 0 Å². The summed E-state index contributed by atoms with van der Waals surface area (Å²) in [5, 5.41) is 10.4. The van der Waals surface area contributed by atoms with Crippen LogP contribution in [-0.4, -0.2) is 59.6 Å². The second-order valence-corrected chi connectivity index (χ2v) is 6.88. The first-order chi connectivity index (χ1) is 12.2. The summed E-state index contributed by atoms with van der Waals surface area (Å²) in [6.45, 7) is 4.07. The highest BCUT2D eigenvalue weighted by atomic mass is 127. The summed E-state index contributed by atoms with van der Waals surface area (Å²) in [5.74, 6) is 2.62. The van der Waals surface area contributed by atoms with E-state index < -0.39 is 0 Å². The first kappa shape index (κ1) is 20.9. The van der Waals surface area contributed by atoms with Gasteiger partial charge >= 0.3 is 0 Å². The molecule has 146 valence electrons. The van der Waals surface area contributed by atoms with Gasteiger partial charge in [-0.1, -0.05) is 18.0 Å². The molecule has 9 heteroatoms. The molecule has 2 heterocycles. The second kappa shape index (κ2) is 10.1. The Hall–Kier alpha value is -1.39. The zero-order valence-corrected chi connectivity index (χ0v) is 17.9. The molecule has 2 aliphatic rings. The number of carbonyl (C=O) groups is 1. The molecule has 1 aliphatic carbocycles. The number of rotatable bonds is 5. The fourth-order valence-electron chi connectivity index (χ4n) is 3.63. The summed E-state index contributed by atoms with van der Waals surface area (Å²) < 4.78 is 5.10. The molecular weight excluding hydrogens is 447 g/mol. The lowest BCUT2D eigenvalue weighted by Crippen LogP contribution is -2.45. The first-order valence-corrected chi connectivity index (χ1v) is 9.21. The van der Waals surface area contributed by atoms with E-state index in [2.05, 4.69) is 25.8 Å². The van der Waals surface area contributed by atoms with E-state index in [1.807, 2.05) is 4.90 Å². The number of aryl methyl sites for hydroxylation is 1. The molecule has 3 rings (SSSR count). The molecule has 1 atom stereocenters. The van der Waals surface area contributed by atoms with Crippen molar-refractivity contribution in [2.75, 3.05) is 26.7 Å². The monoisotopic (exact) mass is 476 g/mol. The quantitative estimate of drug-likeness (QED) is 0.380. The van der Waals surface area contributed by atoms with Crippen LogP contribution < -0.4 is 10.6 Å². The number of hydrogen-bond donors (Lipinski definition) is 2. The predicted octanol–water partition coefficient (Wildman–Crippen LogP) is 1.49. The van der Waals surface area contributed by atoms with E-state index in [0.29, 0.717) is 30.6 Å². The van der Waals surface area contributed by atoms with Crippen molar-refractivity contribution in [1.29, 1.82) is 0 Å². The van der Waals surface area contributed by atoms with Crippen LogP contribution in [0.3, 0.4) is 0 Å². The minimum Gasteiger partial charge on any atom is -0.356 e. The minimum absolute atomic E-state index is 0. The molecule has 1 saturated carbocycles. The van der Waals surface area contributed by atoms with Crippen LogP contribution in [0, 0.1) is 12.8 Å². The molecule has 1 saturated heterocycles. The number of nitrogens with one attached hydrogen (secondary N) is 2. The maximum absolute atomic E-state index is 12.5. The molecule has 1 aromatic rings. The molecule has 0 spiro atoms. The Kier molecular flexibility index (Phi) is 8.11. The number of aliphatic imine (C=N–C) groups is 1. The lowest BCUT2D eigenvalue weighted by molar-refractivity contribution is -0.134. The molecule has 0 aromatic carbocycles. The molecule has 0 bridgehead atoms. The summed E-state index contributed by atoms with van der Waals surface area (Å²) in [7, 11) is 1.75. The molecule has 0 radical (unpaired) electrons. The van der Waals surface area contributed by atoms with E-state index in [-0.39, 0.29) is 35.9 Å². The highest BCUT2D eigenvalue weighted by Crippen LogP contribution is 2.27. The summed E-state index contributed by atoms with van der Waals surface area (Å²) >= 11 is 0. The van der Waals surface area contributed by atoms with Crippen LogP contribution in [0.15, 0.2) is 9.52 Å². The lowest BCUT2D eigenvalue weighted by atomic mass is 10.1. The van der Waals surface area contributed by atoms with Gasteiger partial charge in [0.05, 0.1) is 0 Å². The van der Waals surface area contributed by atoms with Crippen molar-refractivity contribution >= 4 is 35.8 Å². The molecular formula is C17H29IN6O2. The van der Waals surface area contributed by atoms with Gasteiger partial charge < -0.3 is 20.1 Å². The molecule has 1 aromatic heterocycles. The number of guanidine groups is 1. The molecule has 2 fully saturated rings. The number of aromatic nitrogens is 2. The van der Waals surface area contributed by atoms with Crippen LogP contribution in [-0.2, 0) is 11.2 Å². The number of halogens is 1. The van der Waals surface area contributed by atoms with Crippen LogP contribution >= 0.6 is 24.0 Å². The highest BCUT2D eigenvalue weighted by Gasteiger charge is 2.32. The van der Waals surface area contributed by atoms with Crippen molar-refractivity contribution in [3.8, 4) is 0 Å². The average molecular weight is 476 g/mol. The van der Waals surface area contributed by atoms with Gasteiger partial charge in [-0.05, 0) is 26.2 Å². The number of hydrogen-bond acceptors (Lipinski definition) is 5. The first-order valence-electron chi connectivity index (χ1n) is 9.21. The van der Waals surface area contributed by atoms with Crippen LogP contribution in [0.2, 0.25) is 0 Å². The maximum Gasteiger partial charge on any atom is 0.228 e. The van der Waals surface area contributed by atoms with Crippen molar-refractivity contribution in [3.05, 3.63) is 11.7 Å². The van der Waals surface area contributed by atoms with Crippen LogP contribution in [0.1, 0.15) is 43.8 Å². The van der Waals surface area contributed by atoms with Gasteiger partial charge in [-0.15, -0.1) is 24.0 Å². The Morgan fingerprint density at radius 1 is 1.35 bits per heavy atom. The Morgan fingerprint density at radius 2 is 2.12 bits per heavy atom. The third-order valence-electron chi connectivity index (χ3n) is 4.97. The lowest BCUT2D eigenvalue weighted by Gasteiger charge is -2.21. The number of likely N-dealkylation sites (tertiary alicyclic amines) is 1. The normalized spacial score (nSPS) is 20.9. The van der Waals surface area contributed by atoms with Crippen molar-refractivity contribution in [2.24, 2.45) is 10.9 Å². The smallest absolute Gasteiger partial charge is 0.228 e. The summed E-state index contributed by atoms with van der Waals surface area (Å²) in [6, 6.07) is 0.252. The Balaban J connectivity index is 0.00000243. The maximum atomic E-state index is 12.5. The van der Waals surface area contributed by atoms with E-state index >= 15 is 0 Å². The third-order valence-corrected chi connectivity index (χ3v) is 4.97. The number of carbonyl (C=O) groups excluding carboxylic acids is 1. The van der Waals surface area contributed by atoms with E-state index in [4.69, 9.17) is 4.52 Å². The van der Waals surface area contributed by atoms with Crippen molar-refractivity contribution < 1.29 is 9.32 Å². The van der Waals surface area contributed by atoms with Crippen molar-refractivity contribution in [3.63, 3.8) is 0 Å². The van der Waals surface area contributed by atoms with Gasteiger partial charge in [0.1, 0.15) is 0 Å². The Morgan fingerprint density at radius 3 is 2.77 bits per heavy atom. The summed E-state index contributed by atoms with van der Waals surface area (Å²) in [6.07, 6.45) is 6.13. The van der Waals surface area contributed by atoms with Crippen molar-refractivity contribution in [1.82, 2.24) is 25.7 Å². The summed E-state index contributed by atoms with van der Waals surface area (Å²) in [5.41, 5.74) is 0. The van der Waals surface area contributed by atoms with Gasteiger partial charge in [-0.25, -0.2) is 0 Å². The van der Waals surface area contributed by atoms with E-state index in [1.54, 1.807) is 14.0 Å². The van der Waals surface area contributed by atoms with Crippen LogP contribution in [0.4, 0.5) is 0 Å². The molecule has 8 nitrogen and oxygen atoms in total. The Labute approximate surface area is 171 Å². The summed E-state index contributed by atoms with van der Waals surface area (Å²) in [4.78, 5) is 23.0. The van der Waals surface area contributed by atoms with E-state index in [9.17, 15) is 4.79 Å².